The number of hydrogen-bond donors (Lipinski definition) is 1. The Kier molecular flexibility index (Phi) is 4.90. The Hall–Kier alpha value is -0.420. The molecule has 1 aliphatic heterocycles. The highest BCUT2D eigenvalue weighted by Crippen LogP contribution is 2.35. The van der Waals surface area contributed by atoms with E-state index in [1.54, 1.807) is 0 Å². The number of rotatable bonds is 4. The van der Waals surface area contributed by atoms with Crippen molar-refractivity contribution in [1.29, 1.82) is 0 Å². The fraction of sp³-hybridized carbons (Fsp3) is 0.625. The molecule has 0 saturated carbocycles. The Morgan fingerprint density at radius 1 is 1.30 bits per heavy atom. The first-order valence-corrected chi connectivity index (χ1v) is 7.96. The van der Waals surface area contributed by atoms with Gasteiger partial charge in [0.05, 0.1) is 5.60 Å². The summed E-state index contributed by atoms with van der Waals surface area (Å²) in [7, 11) is 2.18. The van der Waals surface area contributed by atoms with E-state index in [0.717, 1.165) is 30.5 Å². The summed E-state index contributed by atoms with van der Waals surface area (Å²) in [6.45, 7) is 6.69. The summed E-state index contributed by atoms with van der Waals surface area (Å²) in [6, 6.07) is 8.50. The normalized spacial score (nSPS) is 25.9. The van der Waals surface area contributed by atoms with Gasteiger partial charge in [-0.2, -0.15) is 0 Å². The van der Waals surface area contributed by atoms with Crippen molar-refractivity contribution in [3.63, 3.8) is 0 Å². The van der Waals surface area contributed by atoms with Crippen molar-refractivity contribution < 1.29 is 4.74 Å². The molecule has 0 aliphatic carbocycles. The molecule has 1 fully saturated rings. The lowest BCUT2D eigenvalue weighted by Gasteiger charge is -2.49. The van der Waals surface area contributed by atoms with Crippen LogP contribution in [0.15, 0.2) is 28.7 Å². The first kappa shape index (κ1) is 16.0. The molecule has 0 spiro atoms. The molecule has 0 bridgehead atoms. The van der Waals surface area contributed by atoms with Crippen LogP contribution in [0, 0.1) is 0 Å². The van der Waals surface area contributed by atoms with Crippen molar-refractivity contribution in [3.05, 3.63) is 34.3 Å². The van der Waals surface area contributed by atoms with E-state index in [1.807, 2.05) is 0 Å². The van der Waals surface area contributed by atoms with Gasteiger partial charge in [-0.25, -0.2) is 0 Å². The summed E-state index contributed by atoms with van der Waals surface area (Å²) < 4.78 is 6.97. The number of ether oxygens (including phenoxy) is 1. The highest BCUT2D eigenvalue weighted by atomic mass is 79.9. The van der Waals surface area contributed by atoms with E-state index in [1.165, 1.54) is 5.56 Å². The summed E-state index contributed by atoms with van der Waals surface area (Å²) in [5, 5.41) is 0. The predicted molar refractivity (Wildman–Crippen MR) is 86.7 cm³/mol. The van der Waals surface area contributed by atoms with E-state index >= 15 is 0 Å². The van der Waals surface area contributed by atoms with E-state index in [0.29, 0.717) is 6.54 Å². The lowest BCUT2D eigenvalue weighted by atomic mass is 9.80. The Morgan fingerprint density at radius 2 is 1.95 bits per heavy atom. The molecule has 1 unspecified atom stereocenters. The van der Waals surface area contributed by atoms with Crippen LogP contribution in [0.1, 0.15) is 32.3 Å². The van der Waals surface area contributed by atoms with E-state index in [-0.39, 0.29) is 11.1 Å². The molecule has 1 saturated heterocycles. The number of likely N-dealkylation sites (N-methyl/N-ethyl adjacent to an activating group) is 1. The van der Waals surface area contributed by atoms with Crippen LogP contribution in [0.25, 0.3) is 0 Å². The number of benzene rings is 1. The van der Waals surface area contributed by atoms with Crippen molar-refractivity contribution in [2.24, 2.45) is 5.73 Å². The second kappa shape index (κ2) is 6.14. The number of hydrogen-bond acceptors (Lipinski definition) is 3. The molecular weight excluding hydrogens is 316 g/mol. The zero-order valence-electron chi connectivity index (χ0n) is 12.7. The van der Waals surface area contributed by atoms with Crippen molar-refractivity contribution in [2.75, 3.05) is 20.2 Å². The zero-order chi connectivity index (χ0) is 14.8. The largest absolute Gasteiger partial charge is 0.375 e. The van der Waals surface area contributed by atoms with Crippen molar-refractivity contribution in [3.8, 4) is 0 Å². The monoisotopic (exact) mass is 340 g/mol. The number of nitrogens with zero attached hydrogens (tertiary/aromatic N) is 1. The topological polar surface area (TPSA) is 38.5 Å². The minimum Gasteiger partial charge on any atom is -0.375 e. The van der Waals surface area contributed by atoms with Crippen molar-refractivity contribution in [2.45, 2.75) is 44.4 Å². The van der Waals surface area contributed by atoms with E-state index in [4.69, 9.17) is 10.5 Å². The molecule has 0 radical (unpaired) electrons. The Balaban J connectivity index is 2.12. The average molecular weight is 341 g/mol. The van der Waals surface area contributed by atoms with Gasteiger partial charge in [0.2, 0.25) is 0 Å². The zero-order valence-corrected chi connectivity index (χ0v) is 14.2. The third-order valence-electron chi connectivity index (χ3n) is 4.34. The Labute approximate surface area is 130 Å². The lowest BCUT2D eigenvalue weighted by molar-refractivity contribution is -0.115. The SMILES string of the molecule is CN(Cc1ccc(Br)cc1)C1(CN)CCOC(C)(C)C1. The summed E-state index contributed by atoms with van der Waals surface area (Å²) in [5.74, 6) is 0. The summed E-state index contributed by atoms with van der Waals surface area (Å²) in [6.07, 6.45) is 1.98. The van der Waals surface area contributed by atoms with Crippen molar-refractivity contribution in [1.82, 2.24) is 4.90 Å². The minimum atomic E-state index is -0.0917. The van der Waals surface area contributed by atoms with Crippen molar-refractivity contribution >= 4 is 15.9 Å². The fourth-order valence-electron chi connectivity index (χ4n) is 3.14. The molecule has 112 valence electrons. The Bertz CT molecular complexity index is 446. The third-order valence-corrected chi connectivity index (χ3v) is 4.87. The third kappa shape index (κ3) is 3.61. The van der Waals surface area contributed by atoms with Gasteiger partial charge in [-0.05, 0) is 51.4 Å². The molecule has 1 aliphatic rings. The van der Waals surface area contributed by atoms with Crippen LogP contribution in [0.4, 0.5) is 0 Å². The standard InChI is InChI=1S/C16H25BrN2O/c1-15(2)11-16(12-18,8-9-20-15)19(3)10-13-4-6-14(17)7-5-13/h4-7H,8-12,18H2,1-3H3. The molecule has 3 nitrogen and oxygen atoms in total. The second-order valence-electron chi connectivity index (χ2n) is 6.45. The quantitative estimate of drug-likeness (QED) is 0.914. The molecule has 0 aromatic heterocycles. The van der Waals surface area contributed by atoms with Gasteiger partial charge in [0.1, 0.15) is 0 Å². The maximum atomic E-state index is 6.13. The first-order valence-electron chi connectivity index (χ1n) is 7.17. The second-order valence-corrected chi connectivity index (χ2v) is 7.36. The molecule has 2 rings (SSSR count). The molecule has 20 heavy (non-hydrogen) atoms. The summed E-state index contributed by atoms with van der Waals surface area (Å²) >= 11 is 3.48. The Morgan fingerprint density at radius 3 is 2.50 bits per heavy atom. The van der Waals surface area contributed by atoms with E-state index in [2.05, 4.69) is 66.0 Å². The maximum absolute atomic E-state index is 6.13. The van der Waals surface area contributed by atoms with Gasteiger partial charge in [0.15, 0.2) is 0 Å². The van der Waals surface area contributed by atoms with E-state index < -0.39 is 0 Å². The van der Waals surface area contributed by atoms with Gasteiger partial charge < -0.3 is 10.5 Å². The van der Waals surface area contributed by atoms with Crippen LogP contribution in [0.2, 0.25) is 0 Å². The van der Waals surface area contributed by atoms with Gasteiger partial charge in [-0.3, -0.25) is 4.90 Å². The van der Waals surface area contributed by atoms with Crippen LogP contribution in [-0.4, -0.2) is 36.2 Å². The average Bonchev–Trinajstić information content (AvgIpc) is 2.40. The smallest absolute Gasteiger partial charge is 0.0644 e. The molecule has 2 N–H and O–H groups in total. The van der Waals surface area contributed by atoms with Crippen LogP contribution < -0.4 is 5.73 Å². The highest BCUT2D eigenvalue weighted by Gasteiger charge is 2.42. The fourth-order valence-corrected chi connectivity index (χ4v) is 3.40. The molecule has 4 heteroatoms. The van der Waals surface area contributed by atoms with Gasteiger partial charge in [0, 0.05) is 29.7 Å². The summed E-state index contributed by atoms with van der Waals surface area (Å²) in [5.41, 5.74) is 7.39. The number of nitrogens with two attached hydrogens (primary N) is 1. The maximum Gasteiger partial charge on any atom is 0.0644 e. The van der Waals surface area contributed by atoms with Gasteiger partial charge in [0.25, 0.3) is 0 Å². The molecule has 1 aromatic rings. The highest BCUT2D eigenvalue weighted by molar-refractivity contribution is 9.10. The summed E-state index contributed by atoms with van der Waals surface area (Å²) in [4.78, 5) is 2.40. The minimum absolute atomic E-state index is 0.0365. The predicted octanol–water partition coefficient (Wildman–Crippen LogP) is 3.17. The van der Waals surface area contributed by atoms with Crippen LogP contribution in [0.3, 0.4) is 0 Å². The first-order chi connectivity index (χ1) is 9.37. The number of halogens is 1. The van der Waals surface area contributed by atoms with Gasteiger partial charge in [-0.1, -0.05) is 28.1 Å². The molecule has 1 heterocycles. The molecule has 0 amide bonds. The van der Waals surface area contributed by atoms with E-state index in [9.17, 15) is 0 Å². The molecular formula is C16H25BrN2O. The lowest BCUT2D eigenvalue weighted by Crippen LogP contribution is -2.59. The van der Waals surface area contributed by atoms with Gasteiger partial charge >= 0.3 is 0 Å². The van der Waals surface area contributed by atoms with Crippen LogP contribution >= 0.6 is 15.9 Å². The van der Waals surface area contributed by atoms with Crippen LogP contribution in [-0.2, 0) is 11.3 Å². The van der Waals surface area contributed by atoms with Gasteiger partial charge in [-0.15, -0.1) is 0 Å². The van der Waals surface area contributed by atoms with Crippen LogP contribution in [0.5, 0.6) is 0 Å². The molecule has 1 atom stereocenters. The molecule has 1 aromatic carbocycles.